The zero-order valence-electron chi connectivity index (χ0n) is 17.3. The number of benzene rings is 1. The van der Waals surface area contributed by atoms with Crippen LogP contribution < -0.4 is 19.9 Å². The van der Waals surface area contributed by atoms with Gasteiger partial charge < -0.3 is 14.4 Å². The van der Waals surface area contributed by atoms with Gasteiger partial charge in [0.25, 0.3) is 5.56 Å². The first-order valence-electron chi connectivity index (χ1n) is 10.5. The highest BCUT2D eigenvalue weighted by Crippen LogP contribution is 2.30. The number of nitrogens with one attached hydrogen (secondary N) is 1. The van der Waals surface area contributed by atoms with Gasteiger partial charge >= 0.3 is 0 Å². The Balaban J connectivity index is 1.39. The lowest BCUT2D eigenvalue weighted by Crippen LogP contribution is -2.33. The highest BCUT2D eigenvalue weighted by molar-refractivity contribution is 5.42. The van der Waals surface area contributed by atoms with E-state index in [4.69, 9.17) is 14.5 Å². The van der Waals surface area contributed by atoms with Crippen molar-refractivity contribution in [3.63, 3.8) is 0 Å². The molecule has 2 saturated heterocycles. The van der Waals surface area contributed by atoms with Crippen molar-refractivity contribution in [3.05, 3.63) is 45.9 Å². The molecule has 3 heterocycles. The monoisotopic (exact) mass is 398 g/mol. The van der Waals surface area contributed by atoms with E-state index in [-0.39, 0.29) is 5.56 Å². The largest absolute Gasteiger partial charge is 0.493 e. The summed E-state index contributed by atoms with van der Waals surface area (Å²) in [4.78, 5) is 24.5. The molecule has 2 aliphatic heterocycles. The summed E-state index contributed by atoms with van der Waals surface area (Å²) >= 11 is 0. The van der Waals surface area contributed by atoms with E-state index in [1.54, 1.807) is 20.3 Å². The molecule has 0 atom stereocenters. The molecule has 2 fully saturated rings. The van der Waals surface area contributed by atoms with Crippen LogP contribution in [0.3, 0.4) is 0 Å². The number of methoxy groups -OCH3 is 2. The van der Waals surface area contributed by atoms with Crippen LogP contribution in [0.1, 0.15) is 42.9 Å². The van der Waals surface area contributed by atoms with Crippen molar-refractivity contribution < 1.29 is 9.47 Å². The van der Waals surface area contributed by atoms with E-state index in [1.165, 1.54) is 18.4 Å². The smallest absolute Gasteiger partial charge is 0.252 e. The Labute approximate surface area is 171 Å². The molecule has 1 N–H and O–H groups in total. The second kappa shape index (κ2) is 8.86. The molecule has 0 bridgehead atoms. The zero-order valence-corrected chi connectivity index (χ0v) is 17.3. The fourth-order valence-corrected chi connectivity index (χ4v) is 4.37. The first kappa shape index (κ1) is 19.8. The summed E-state index contributed by atoms with van der Waals surface area (Å²) in [6, 6.07) is 7.79. The van der Waals surface area contributed by atoms with Gasteiger partial charge in [-0.3, -0.25) is 14.7 Å². The predicted molar refractivity (Wildman–Crippen MR) is 113 cm³/mol. The number of aromatic nitrogens is 2. The molecule has 2 aliphatic rings. The van der Waals surface area contributed by atoms with Gasteiger partial charge in [-0.2, -0.15) is 0 Å². The molecule has 0 saturated carbocycles. The van der Waals surface area contributed by atoms with Crippen LogP contribution in [0.2, 0.25) is 0 Å². The van der Waals surface area contributed by atoms with Gasteiger partial charge in [-0.1, -0.05) is 6.07 Å². The number of rotatable bonds is 6. The maximum Gasteiger partial charge on any atom is 0.252 e. The third kappa shape index (κ3) is 4.56. The minimum Gasteiger partial charge on any atom is -0.493 e. The topological polar surface area (TPSA) is 70.7 Å². The number of H-pyrrole nitrogens is 1. The van der Waals surface area contributed by atoms with Crippen LogP contribution in [0.15, 0.2) is 29.1 Å². The molecule has 156 valence electrons. The molecular weight excluding hydrogens is 368 g/mol. The van der Waals surface area contributed by atoms with Crippen molar-refractivity contribution in [2.45, 2.75) is 38.1 Å². The van der Waals surface area contributed by atoms with Gasteiger partial charge in [0.1, 0.15) is 0 Å². The molecule has 0 amide bonds. The fourth-order valence-electron chi connectivity index (χ4n) is 4.37. The number of hydrogen-bond donors (Lipinski definition) is 1. The quantitative estimate of drug-likeness (QED) is 0.807. The second-order valence-electron chi connectivity index (χ2n) is 7.93. The van der Waals surface area contributed by atoms with Gasteiger partial charge in [-0.15, -0.1) is 0 Å². The number of aromatic amines is 1. The average molecular weight is 399 g/mol. The molecule has 0 aliphatic carbocycles. The number of anilines is 1. The van der Waals surface area contributed by atoms with Gasteiger partial charge in [0, 0.05) is 31.6 Å². The fraction of sp³-hybridized carbons (Fsp3) is 0.545. The predicted octanol–water partition coefficient (Wildman–Crippen LogP) is 2.77. The summed E-state index contributed by atoms with van der Waals surface area (Å²) in [5.41, 5.74) is 2.12. The summed E-state index contributed by atoms with van der Waals surface area (Å²) < 4.78 is 10.7. The SMILES string of the molecule is COc1ccc(CN2CCC(c3cc(=O)[nH]c(N4CCCC4)n3)CC2)cc1OC. The molecule has 7 heteroatoms. The lowest BCUT2D eigenvalue weighted by molar-refractivity contribution is 0.203. The van der Waals surface area contributed by atoms with Gasteiger partial charge in [0.15, 0.2) is 11.5 Å². The molecular formula is C22H30N4O3. The van der Waals surface area contributed by atoms with Gasteiger partial charge in [0.05, 0.1) is 19.9 Å². The highest BCUT2D eigenvalue weighted by Gasteiger charge is 2.24. The van der Waals surface area contributed by atoms with E-state index in [1.807, 2.05) is 12.1 Å². The van der Waals surface area contributed by atoms with Gasteiger partial charge in [-0.05, 0) is 56.5 Å². The van der Waals surface area contributed by atoms with Gasteiger partial charge in [0.2, 0.25) is 5.95 Å². The second-order valence-corrected chi connectivity index (χ2v) is 7.93. The van der Waals surface area contributed by atoms with Crippen molar-refractivity contribution in [1.29, 1.82) is 0 Å². The van der Waals surface area contributed by atoms with E-state index in [0.29, 0.717) is 5.92 Å². The van der Waals surface area contributed by atoms with Crippen molar-refractivity contribution in [3.8, 4) is 11.5 Å². The molecule has 0 spiro atoms. The van der Waals surface area contributed by atoms with Crippen molar-refractivity contribution in [2.75, 3.05) is 45.3 Å². The first-order chi connectivity index (χ1) is 14.2. The lowest BCUT2D eigenvalue weighted by Gasteiger charge is -2.32. The Kier molecular flexibility index (Phi) is 6.04. The number of likely N-dealkylation sites (tertiary alicyclic amines) is 1. The molecule has 4 rings (SSSR count). The highest BCUT2D eigenvalue weighted by atomic mass is 16.5. The molecule has 1 aromatic carbocycles. The van der Waals surface area contributed by atoms with E-state index in [2.05, 4.69) is 20.9 Å². The zero-order chi connectivity index (χ0) is 20.2. The third-order valence-corrected chi connectivity index (χ3v) is 6.01. The van der Waals surface area contributed by atoms with Crippen LogP contribution in [0.25, 0.3) is 0 Å². The third-order valence-electron chi connectivity index (χ3n) is 6.01. The van der Waals surface area contributed by atoms with E-state index in [9.17, 15) is 4.79 Å². The normalized spacial score (nSPS) is 18.2. The molecule has 7 nitrogen and oxygen atoms in total. The van der Waals surface area contributed by atoms with E-state index < -0.39 is 0 Å². The van der Waals surface area contributed by atoms with Crippen LogP contribution in [-0.4, -0.2) is 55.3 Å². The summed E-state index contributed by atoms with van der Waals surface area (Å²) in [7, 11) is 3.32. The Morgan fingerprint density at radius 1 is 1.03 bits per heavy atom. The van der Waals surface area contributed by atoms with Crippen molar-refractivity contribution in [2.24, 2.45) is 0 Å². The van der Waals surface area contributed by atoms with Crippen LogP contribution >= 0.6 is 0 Å². The van der Waals surface area contributed by atoms with Gasteiger partial charge in [-0.25, -0.2) is 4.98 Å². The van der Waals surface area contributed by atoms with Crippen molar-refractivity contribution >= 4 is 5.95 Å². The number of ether oxygens (including phenoxy) is 2. The van der Waals surface area contributed by atoms with Crippen LogP contribution in [0.4, 0.5) is 5.95 Å². The summed E-state index contributed by atoms with van der Waals surface area (Å²) in [6.45, 7) is 4.83. The minimum atomic E-state index is -0.0374. The minimum absolute atomic E-state index is 0.0374. The lowest BCUT2D eigenvalue weighted by atomic mass is 9.93. The van der Waals surface area contributed by atoms with E-state index >= 15 is 0 Å². The summed E-state index contributed by atoms with van der Waals surface area (Å²) in [5.74, 6) is 2.62. The number of hydrogen-bond acceptors (Lipinski definition) is 6. The Morgan fingerprint density at radius 2 is 1.76 bits per heavy atom. The summed E-state index contributed by atoms with van der Waals surface area (Å²) in [5, 5.41) is 0. The standard InChI is InChI=1S/C22H30N4O3/c1-28-19-6-5-16(13-20(19)29-2)15-25-11-7-17(8-12-25)18-14-21(27)24-22(23-18)26-9-3-4-10-26/h5-6,13-14,17H,3-4,7-12,15H2,1-2H3,(H,23,24,27). The Bertz CT molecular complexity index is 884. The summed E-state index contributed by atoms with van der Waals surface area (Å²) in [6.07, 6.45) is 4.37. The van der Waals surface area contributed by atoms with Crippen LogP contribution in [0, 0.1) is 0 Å². The molecule has 0 radical (unpaired) electrons. The maximum atomic E-state index is 12.2. The Hall–Kier alpha value is -2.54. The number of piperidine rings is 1. The van der Waals surface area contributed by atoms with Crippen molar-refractivity contribution in [1.82, 2.24) is 14.9 Å². The Morgan fingerprint density at radius 3 is 2.45 bits per heavy atom. The average Bonchev–Trinajstić information content (AvgIpc) is 3.29. The van der Waals surface area contributed by atoms with E-state index in [0.717, 1.165) is 68.7 Å². The molecule has 0 unspecified atom stereocenters. The number of nitrogens with zero attached hydrogens (tertiary/aromatic N) is 3. The van der Waals surface area contributed by atoms with Crippen LogP contribution in [-0.2, 0) is 6.54 Å². The van der Waals surface area contributed by atoms with Crippen LogP contribution in [0.5, 0.6) is 11.5 Å². The molecule has 2 aromatic rings. The maximum absolute atomic E-state index is 12.2. The molecule has 29 heavy (non-hydrogen) atoms. The molecule has 1 aromatic heterocycles. The first-order valence-corrected chi connectivity index (χ1v) is 10.5.